The minimum absolute atomic E-state index is 0.186. The molecule has 132 valence electrons. The zero-order valence-electron chi connectivity index (χ0n) is 14.5. The topological polar surface area (TPSA) is 55.8 Å². The SMILES string of the molecule is Cc1cccc(COc2cccc(OCc3ccccc3)c2)c1C(=O)O. The Morgan fingerprint density at radius 2 is 1.50 bits per heavy atom. The summed E-state index contributed by atoms with van der Waals surface area (Å²) in [6.07, 6.45) is 0. The second kappa shape index (κ2) is 8.21. The van der Waals surface area contributed by atoms with Crippen molar-refractivity contribution in [1.29, 1.82) is 0 Å². The van der Waals surface area contributed by atoms with Crippen LogP contribution in [0.4, 0.5) is 0 Å². The van der Waals surface area contributed by atoms with Crippen LogP contribution in [-0.2, 0) is 13.2 Å². The quantitative estimate of drug-likeness (QED) is 0.663. The summed E-state index contributed by atoms with van der Waals surface area (Å²) in [5.74, 6) is 0.393. The first kappa shape index (κ1) is 17.5. The van der Waals surface area contributed by atoms with Crippen molar-refractivity contribution in [3.63, 3.8) is 0 Å². The van der Waals surface area contributed by atoms with Gasteiger partial charge in [0, 0.05) is 11.6 Å². The van der Waals surface area contributed by atoms with Crippen LogP contribution >= 0.6 is 0 Å². The molecule has 0 saturated heterocycles. The van der Waals surface area contributed by atoms with E-state index in [1.807, 2.05) is 54.6 Å². The maximum Gasteiger partial charge on any atom is 0.336 e. The number of carboxylic acid groups (broad SMARTS) is 1. The summed E-state index contributed by atoms with van der Waals surface area (Å²) in [7, 11) is 0. The van der Waals surface area contributed by atoms with Crippen molar-refractivity contribution in [1.82, 2.24) is 0 Å². The molecule has 0 fully saturated rings. The summed E-state index contributed by atoms with van der Waals surface area (Å²) in [6.45, 7) is 2.45. The molecular formula is C22H20O4. The lowest BCUT2D eigenvalue weighted by Crippen LogP contribution is -2.07. The van der Waals surface area contributed by atoms with Crippen LogP contribution in [0.3, 0.4) is 0 Å². The van der Waals surface area contributed by atoms with Gasteiger partial charge in [-0.15, -0.1) is 0 Å². The molecular weight excluding hydrogens is 328 g/mol. The van der Waals surface area contributed by atoms with Crippen LogP contribution in [0.5, 0.6) is 11.5 Å². The van der Waals surface area contributed by atoms with Crippen LogP contribution in [0.2, 0.25) is 0 Å². The average Bonchev–Trinajstić information content (AvgIpc) is 2.65. The first-order valence-electron chi connectivity index (χ1n) is 8.35. The number of ether oxygens (including phenoxy) is 2. The predicted octanol–water partition coefficient (Wildman–Crippen LogP) is 4.85. The number of hydrogen-bond acceptors (Lipinski definition) is 3. The number of carboxylic acids is 1. The molecule has 0 aliphatic carbocycles. The second-order valence-corrected chi connectivity index (χ2v) is 5.95. The Morgan fingerprint density at radius 1 is 0.846 bits per heavy atom. The number of benzene rings is 3. The van der Waals surface area contributed by atoms with Gasteiger partial charge in [0.05, 0.1) is 5.56 Å². The zero-order valence-corrected chi connectivity index (χ0v) is 14.5. The molecule has 0 aromatic heterocycles. The lowest BCUT2D eigenvalue weighted by atomic mass is 10.0. The third kappa shape index (κ3) is 4.42. The molecule has 0 saturated carbocycles. The second-order valence-electron chi connectivity index (χ2n) is 5.95. The summed E-state index contributed by atoms with van der Waals surface area (Å²) in [4.78, 5) is 11.5. The van der Waals surface area contributed by atoms with Gasteiger partial charge in [-0.2, -0.15) is 0 Å². The molecule has 1 N–H and O–H groups in total. The van der Waals surface area contributed by atoms with E-state index in [1.165, 1.54) is 0 Å². The van der Waals surface area contributed by atoms with E-state index in [9.17, 15) is 9.90 Å². The van der Waals surface area contributed by atoms with Gasteiger partial charge in [0.25, 0.3) is 0 Å². The molecule has 4 heteroatoms. The van der Waals surface area contributed by atoms with Crippen molar-refractivity contribution in [3.8, 4) is 11.5 Å². The van der Waals surface area contributed by atoms with Crippen LogP contribution in [-0.4, -0.2) is 11.1 Å². The molecule has 26 heavy (non-hydrogen) atoms. The molecule has 0 bridgehead atoms. The maximum atomic E-state index is 11.5. The van der Waals surface area contributed by atoms with E-state index in [0.29, 0.717) is 29.2 Å². The van der Waals surface area contributed by atoms with Gasteiger partial charge in [0.15, 0.2) is 0 Å². The molecule has 0 spiro atoms. The monoisotopic (exact) mass is 348 g/mol. The Bertz CT molecular complexity index is 888. The molecule has 0 aliphatic rings. The van der Waals surface area contributed by atoms with Gasteiger partial charge in [-0.3, -0.25) is 0 Å². The molecule has 0 amide bonds. The van der Waals surface area contributed by atoms with Gasteiger partial charge >= 0.3 is 5.97 Å². The Balaban J connectivity index is 1.66. The van der Waals surface area contributed by atoms with E-state index >= 15 is 0 Å². The van der Waals surface area contributed by atoms with Crippen molar-refractivity contribution in [2.24, 2.45) is 0 Å². The van der Waals surface area contributed by atoms with E-state index < -0.39 is 5.97 Å². The zero-order chi connectivity index (χ0) is 18.4. The van der Waals surface area contributed by atoms with E-state index in [-0.39, 0.29) is 6.61 Å². The van der Waals surface area contributed by atoms with Crippen LogP contribution in [0.15, 0.2) is 72.8 Å². The Kier molecular flexibility index (Phi) is 5.54. The fourth-order valence-electron chi connectivity index (χ4n) is 2.71. The highest BCUT2D eigenvalue weighted by molar-refractivity contribution is 5.91. The Labute approximate surface area is 152 Å². The summed E-state index contributed by atoms with van der Waals surface area (Å²) in [6, 6.07) is 22.7. The van der Waals surface area contributed by atoms with E-state index in [2.05, 4.69) is 0 Å². The maximum absolute atomic E-state index is 11.5. The lowest BCUT2D eigenvalue weighted by molar-refractivity contribution is 0.0693. The average molecular weight is 348 g/mol. The number of hydrogen-bond donors (Lipinski definition) is 1. The number of rotatable bonds is 7. The van der Waals surface area contributed by atoms with E-state index in [4.69, 9.17) is 9.47 Å². The molecule has 4 nitrogen and oxygen atoms in total. The standard InChI is InChI=1S/C22H20O4/c1-16-7-5-10-18(21(16)22(23)24)15-26-20-12-6-11-19(13-20)25-14-17-8-3-2-4-9-17/h2-13H,14-15H2,1H3,(H,23,24). The summed E-state index contributed by atoms with van der Waals surface area (Å²) in [5.41, 5.74) is 2.75. The van der Waals surface area contributed by atoms with Crippen LogP contribution in [0.1, 0.15) is 27.0 Å². The van der Waals surface area contributed by atoms with Crippen molar-refractivity contribution >= 4 is 5.97 Å². The van der Waals surface area contributed by atoms with Crippen molar-refractivity contribution in [3.05, 3.63) is 95.1 Å². The minimum Gasteiger partial charge on any atom is -0.489 e. The molecule has 3 rings (SSSR count). The highest BCUT2D eigenvalue weighted by atomic mass is 16.5. The molecule has 0 atom stereocenters. The van der Waals surface area contributed by atoms with Gasteiger partial charge in [0.2, 0.25) is 0 Å². The van der Waals surface area contributed by atoms with Crippen molar-refractivity contribution < 1.29 is 19.4 Å². The number of aryl methyl sites for hydroxylation is 1. The van der Waals surface area contributed by atoms with Crippen LogP contribution < -0.4 is 9.47 Å². The Hall–Kier alpha value is -3.27. The van der Waals surface area contributed by atoms with Gasteiger partial charge in [-0.25, -0.2) is 4.79 Å². The van der Waals surface area contributed by atoms with E-state index in [1.54, 1.807) is 25.1 Å². The molecule has 0 aliphatic heterocycles. The van der Waals surface area contributed by atoms with Crippen molar-refractivity contribution in [2.75, 3.05) is 0 Å². The van der Waals surface area contributed by atoms with Gasteiger partial charge in [0.1, 0.15) is 24.7 Å². The predicted molar refractivity (Wildman–Crippen MR) is 99.7 cm³/mol. The van der Waals surface area contributed by atoms with E-state index in [0.717, 1.165) is 11.1 Å². The van der Waals surface area contributed by atoms with Gasteiger partial charge in [-0.1, -0.05) is 54.6 Å². The molecule has 3 aromatic carbocycles. The fourth-order valence-corrected chi connectivity index (χ4v) is 2.71. The summed E-state index contributed by atoms with van der Waals surface area (Å²) >= 11 is 0. The third-order valence-electron chi connectivity index (χ3n) is 4.02. The van der Waals surface area contributed by atoms with Crippen molar-refractivity contribution in [2.45, 2.75) is 20.1 Å². The highest BCUT2D eigenvalue weighted by Crippen LogP contribution is 2.23. The largest absolute Gasteiger partial charge is 0.489 e. The lowest BCUT2D eigenvalue weighted by Gasteiger charge is -2.12. The molecule has 0 heterocycles. The summed E-state index contributed by atoms with van der Waals surface area (Å²) < 4.78 is 11.6. The first-order chi connectivity index (χ1) is 12.6. The van der Waals surface area contributed by atoms with Gasteiger partial charge < -0.3 is 14.6 Å². The third-order valence-corrected chi connectivity index (χ3v) is 4.02. The Morgan fingerprint density at radius 3 is 2.19 bits per heavy atom. The number of carbonyl (C=O) groups is 1. The smallest absolute Gasteiger partial charge is 0.336 e. The number of aromatic carboxylic acids is 1. The normalized spacial score (nSPS) is 10.3. The van der Waals surface area contributed by atoms with Crippen LogP contribution in [0, 0.1) is 6.92 Å². The molecule has 0 radical (unpaired) electrons. The first-order valence-corrected chi connectivity index (χ1v) is 8.35. The summed E-state index contributed by atoms with van der Waals surface area (Å²) in [5, 5.41) is 9.39. The molecule has 0 unspecified atom stereocenters. The highest BCUT2D eigenvalue weighted by Gasteiger charge is 2.13. The fraction of sp³-hybridized carbons (Fsp3) is 0.136. The van der Waals surface area contributed by atoms with Crippen LogP contribution in [0.25, 0.3) is 0 Å². The minimum atomic E-state index is -0.943. The molecule has 3 aromatic rings. The van der Waals surface area contributed by atoms with Gasteiger partial charge in [-0.05, 0) is 30.2 Å².